The molecule has 1 aliphatic heterocycles. The van der Waals surface area contributed by atoms with Crippen LogP contribution in [0.15, 0.2) is 42.5 Å². The number of rotatable bonds is 5. The monoisotopic (exact) mass is 357 g/mol. The van der Waals surface area contributed by atoms with E-state index < -0.39 is 0 Å². The number of benzene rings is 2. The standard InChI is InChI=1S/C20H24FN3O2/c1-2-13-26-20(25)15-3-8-19(18(22)14-15)24-11-9-23(10-12-24)17-6-4-16(21)5-7-17/h3-8,14H,2,9-13,22H2,1H3. The van der Waals surface area contributed by atoms with Crippen LogP contribution in [-0.4, -0.2) is 38.8 Å². The predicted molar refractivity (Wildman–Crippen MR) is 102 cm³/mol. The lowest BCUT2D eigenvalue weighted by Crippen LogP contribution is -2.46. The molecular formula is C20H24FN3O2. The topological polar surface area (TPSA) is 58.8 Å². The number of ether oxygens (including phenoxy) is 1. The van der Waals surface area contributed by atoms with Gasteiger partial charge in [0.2, 0.25) is 0 Å². The van der Waals surface area contributed by atoms with E-state index in [1.54, 1.807) is 24.3 Å². The van der Waals surface area contributed by atoms with Crippen molar-refractivity contribution in [2.75, 3.05) is 48.3 Å². The Labute approximate surface area is 153 Å². The molecule has 2 aromatic carbocycles. The van der Waals surface area contributed by atoms with Crippen molar-refractivity contribution >= 4 is 23.0 Å². The van der Waals surface area contributed by atoms with Gasteiger partial charge in [0.25, 0.3) is 0 Å². The smallest absolute Gasteiger partial charge is 0.338 e. The Morgan fingerprint density at radius 2 is 1.73 bits per heavy atom. The second kappa shape index (κ2) is 8.08. The van der Waals surface area contributed by atoms with Crippen molar-refractivity contribution in [2.45, 2.75) is 13.3 Å². The van der Waals surface area contributed by atoms with E-state index in [1.165, 1.54) is 12.1 Å². The summed E-state index contributed by atoms with van der Waals surface area (Å²) in [7, 11) is 0. The van der Waals surface area contributed by atoms with Gasteiger partial charge >= 0.3 is 5.97 Å². The fourth-order valence-electron chi connectivity index (χ4n) is 3.11. The Morgan fingerprint density at radius 1 is 1.08 bits per heavy atom. The molecule has 2 N–H and O–H groups in total. The third kappa shape index (κ3) is 4.07. The number of carbonyl (C=O) groups is 1. The van der Waals surface area contributed by atoms with Gasteiger partial charge in [0, 0.05) is 31.9 Å². The molecule has 1 fully saturated rings. The van der Waals surface area contributed by atoms with Gasteiger partial charge in [-0.25, -0.2) is 9.18 Å². The Kier molecular flexibility index (Phi) is 5.61. The first-order valence-corrected chi connectivity index (χ1v) is 8.90. The molecule has 26 heavy (non-hydrogen) atoms. The molecule has 0 unspecified atom stereocenters. The van der Waals surface area contributed by atoms with E-state index in [0.717, 1.165) is 44.0 Å². The summed E-state index contributed by atoms with van der Waals surface area (Å²) in [6, 6.07) is 11.9. The minimum atomic E-state index is -0.341. The molecular weight excluding hydrogens is 333 g/mol. The molecule has 1 heterocycles. The van der Waals surface area contributed by atoms with Crippen LogP contribution in [0.3, 0.4) is 0 Å². The first kappa shape index (κ1) is 18.0. The van der Waals surface area contributed by atoms with Crippen LogP contribution in [0.4, 0.5) is 21.5 Å². The SMILES string of the molecule is CCCOC(=O)c1ccc(N2CCN(c3ccc(F)cc3)CC2)c(N)c1. The van der Waals surface area contributed by atoms with Crippen molar-refractivity contribution in [1.29, 1.82) is 0 Å². The van der Waals surface area contributed by atoms with Crippen molar-refractivity contribution in [1.82, 2.24) is 0 Å². The largest absolute Gasteiger partial charge is 0.462 e. The molecule has 1 aliphatic rings. The van der Waals surface area contributed by atoms with Gasteiger partial charge < -0.3 is 20.3 Å². The maximum Gasteiger partial charge on any atom is 0.338 e. The van der Waals surface area contributed by atoms with Crippen LogP contribution in [0.5, 0.6) is 0 Å². The molecule has 6 heteroatoms. The van der Waals surface area contributed by atoms with Crippen LogP contribution in [0.2, 0.25) is 0 Å². The number of hydrogen-bond acceptors (Lipinski definition) is 5. The molecule has 2 aromatic rings. The Balaban J connectivity index is 1.64. The van der Waals surface area contributed by atoms with Crippen LogP contribution >= 0.6 is 0 Å². The summed E-state index contributed by atoms with van der Waals surface area (Å²) in [6.45, 7) is 5.63. The number of nitrogen functional groups attached to an aromatic ring is 1. The zero-order chi connectivity index (χ0) is 18.5. The van der Waals surface area contributed by atoms with Crippen LogP contribution in [0.1, 0.15) is 23.7 Å². The summed E-state index contributed by atoms with van der Waals surface area (Å²) in [5.41, 5.74) is 9.18. The average Bonchev–Trinajstić information content (AvgIpc) is 2.67. The van der Waals surface area contributed by atoms with Gasteiger partial charge in [-0.05, 0) is 48.9 Å². The van der Waals surface area contributed by atoms with Crippen LogP contribution < -0.4 is 15.5 Å². The number of anilines is 3. The van der Waals surface area contributed by atoms with E-state index in [-0.39, 0.29) is 11.8 Å². The lowest BCUT2D eigenvalue weighted by Gasteiger charge is -2.37. The number of nitrogens with zero attached hydrogens (tertiary/aromatic N) is 2. The van der Waals surface area contributed by atoms with Gasteiger partial charge in [-0.15, -0.1) is 0 Å². The number of halogens is 1. The number of piperazine rings is 1. The van der Waals surface area contributed by atoms with E-state index in [9.17, 15) is 9.18 Å². The van der Waals surface area contributed by atoms with E-state index >= 15 is 0 Å². The van der Waals surface area contributed by atoms with E-state index in [2.05, 4.69) is 9.80 Å². The van der Waals surface area contributed by atoms with E-state index in [1.807, 2.05) is 13.0 Å². The third-order valence-corrected chi connectivity index (χ3v) is 4.51. The minimum absolute atomic E-state index is 0.224. The van der Waals surface area contributed by atoms with E-state index in [0.29, 0.717) is 17.9 Å². The molecule has 0 amide bonds. The average molecular weight is 357 g/mol. The Hall–Kier alpha value is -2.76. The fraction of sp³-hybridized carbons (Fsp3) is 0.350. The normalized spacial score (nSPS) is 14.4. The van der Waals surface area contributed by atoms with Crippen LogP contribution in [0.25, 0.3) is 0 Å². The highest BCUT2D eigenvalue weighted by molar-refractivity contribution is 5.92. The van der Waals surface area contributed by atoms with Crippen molar-refractivity contribution in [3.8, 4) is 0 Å². The van der Waals surface area contributed by atoms with Crippen molar-refractivity contribution < 1.29 is 13.9 Å². The van der Waals surface area contributed by atoms with Crippen LogP contribution in [0, 0.1) is 5.82 Å². The second-order valence-electron chi connectivity index (χ2n) is 6.36. The van der Waals surface area contributed by atoms with Gasteiger partial charge in [0.15, 0.2) is 0 Å². The number of esters is 1. The fourth-order valence-corrected chi connectivity index (χ4v) is 3.11. The first-order valence-electron chi connectivity index (χ1n) is 8.90. The summed E-state index contributed by atoms with van der Waals surface area (Å²) in [5, 5.41) is 0. The molecule has 1 saturated heterocycles. The molecule has 0 aromatic heterocycles. The Morgan fingerprint density at radius 3 is 2.35 bits per heavy atom. The van der Waals surface area contributed by atoms with Crippen LogP contribution in [-0.2, 0) is 4.74 Å². The van der Waals surface area contributed by atoms with Crippen molar-refractivity contribution in [3.05, 3.63) is 53.8 Å². The third-order valence-electron chi connectivity index (χ3n) is 4.51. The number of hydrogen-bond donors (Lipinski definition) is 1. The Bertz CT molecular complexity index is 756. The van der Waals surface area contributed by atoms with Gasteiger partial charge in [-0.1, -0.05) is 6.92 Å². The second-order valence-corrected chi connectivity index (χ2v) is 6.36. The first-order chi connectivity index (χ1) is 12.6. The summed E-state index contributed by atoms with van der Waals surface area (Å²) in [5.74, 6) is -0.566. The van der Waals surface area contributed by atoms with Gasteiger partial charge in [0.1, 0.15) is 5.82 Å². The summed E-state index contributed by atoms with van der Waals surface area (Å²) in [4.78, 5) is 16.4. The minimum Gasteiger partial charge on any atom is -0.462 e. The molecule has 138 valence electrons. The molecule has 5 nitrogen and oxygen atoms in total. The van der Waals surface area contributed by atoms with Gasteiger partial charge in [-0.3, -0.25) is 0 Å². The lowest BCUT2D eigenvalue weighted by atomic mass is 10.1. The predicted octanol–water partition coefficient (Wildman–Crippen LogP) is 3.30. The van der Waals surface area contributed by atoms with E-state index in [4.69, 9.17) is 10.5 Å². The summed E-state index contributed by atoms with van der Waals surface area (Å²) < 4.78 is 18.2. The summed E-state index contributed by atoms with van der Waals surface area (Å²) >= 11 is 0. The lowest BCUT2D eigenvalue weighted by molar-refractivity contribution is 0.0505. The van der Waals surface area contributed by atoms with Gasteiger partial charge in [0.05, 0.1) is 23.5 Å². The molecule has 0 spiro atoms. The van der Waals surface area contributed by atoms with Crippen molar-refractivity contribution in [3.63, 3.8) is 0 Å². The van der Waals surface area contributed by atoms with Gasteiger partial charge in [-0.2, -0.15) is 0 Å². The molecule has 3 rings (SSSR count). The quantitative estimate of drug-likeness (QED) is 0.657. The zero-order valence-electron chi connectivity index (χ0n) is 15.0. The zero-order valence-corrected chi connectivity index (χ0v) is 15.0. The number of nitrogens with two attached hydrogens (primary N) is 1. The maximum atomic E-state index is 13.1. The maximum absolute atomic E-state index is 13.1. The molecule has 0 radical (unpaired) electrons. The number of carbonyl (C=O) groups excluding carboxylic acids is 1. The molecule has 0 aliphatic carbocycles. The van der Waals surface area contributed by atoms with Crippen molar-refractivity contribution in [2.24, 2.45) is 0 Å². The summed E-state index contributed by atoms with van der Waals surface area (Å²) in [6.07, 6.45) is 0.789. The molecule has 0 saturated carbocycles. The molecule has 0 atom stereocenters. The highest BCUT2D eigenvalue weighted by Gasteiger charge is 2.20. The highest BCUT2D eigenvalue weighted by Crippen LogP contribution is 2.27. The molecule has 0 bridgehead atoms. The highest BCUT2D eigenvalue weighted by atomic mass is 19.1.